The molecule has 0 bridgehead atoms. The van der Waals surface area contributed by atoms with E-state index in [-0.39, 0.29) is 11.5 Å². The van der Waals surface area contributed by atoms with Gasteiger partial charge in [0.05, 0.1) is 5.56 Å². The molecule has 0 spiro atoms. The number of anilines is 1. The second kappa shape index (κ2) is 4.87. The Morgan fingerprint density at radius 1 is 1.22 bits per heavy atom. The smallest absolute Gasteiger partial charge is 0.259 e. The zero-order chi connectivity index (χ0) is 13.1. The van der Waals surface area contributed by atoms with E-state index in [0.29, 0.717) is 0 Å². The Morgan fingerprint density at radius 3 is 2.44 bits per heavy atom. The first-order valence-corrected chi connectivity index (χ1v) is 5.30. The Labute approximate surface area is 103 Å². The first-order valence-electron chi connectivity index (χ1n) is 5.30. The van der Waals surface area contributed by atoms with Gasteiger partial charge in [-0.1, -0.05) is 0 Å². The van der Waals surface area contributed by atoms with Gasteiger partial charge in [-0.2, -0.15) is 4.39 Å². The summed E-state index contributed by atoms with van der Waals surface area (Å²) < 4.78 is 12.6. The van der Waals surface area contributed by atoms with Gasteiger partial charge in [0.25, 0.3) is 5.91 Å². The fraction of sp³-hybridized carbons (Fsp3) is 0.167. The number of hydrogen-bond donors (Lipinski definition) is 1. The molecule has 92 valence electrons. The van der Waals surface area contributed by atoms with E-state index in [2.05, 4.69) is 20.3 Å². The van der Waals surface area contributed by atoms with Gasteiger partial charge in [-0.05, 0) is 32.0 Å². The number of rotatable bonds is 2. The number of amides is 1. The maximum Gasteiger partial charge on any atom is 0.259 e. The van der Waals surface area contributed by atoms with Crippen LogP contribution >= 0.6 is 0 Å². The van der Waals surface area contributed by atoms with Gasteiger partial charge >= 0.3 is 0 Å². The predicted octanol–water partition coefficient (Wildman–Crippen LogP) is 1.88. The summed E-state index contributed by atoms with van der Waals surface area (Å²) in [5.74, 6) is -0.830. The van der Waals surface area contributed by atoms with E-state index in [9.17, 15) is 9.18 Å². The fourth-order valence-corrected chi connectivity index (χ4v) is 1.47. The van der Waals surface area contributed by atoms with Crippen molar-refractivity contribution in [3.8, 4) is 0 Å². The molecule has 2 aromatic heterocycles. The van der Waals surface area contributed by atoms with Gasteiger partial charge in [-0.25, -0.2) is 15.0 Å². The lowest BCUT2D eigenvalue weighted by molar-refractivity contribution is 0.102. The fourth-order valence-electron chi connectivity index (χ4n) is 1.47. The van der Waals surface area contributed by atoms with Crippen LogP contribution in [0.25, 0.3) is 0 Å². The van der Waals surface area contributed by atoms with Crippen LogP contribution in [-0.4, -0.2) is 20.9 Å². The lowest BCUT2D eigenvalue weighted by atomic mass is 10.3. The van der Waals surface area contributed by atoms with Crippen LogP contribution in [0.2, 0.25) is 0 Å². The molecule has 2 rings (SSSR count). The molecule has 0 saturated heterocycles. The zero-order valence-corrected chi connectivity index (χ0v) is 9.94. The number of aryl methyl sites for hydroxylation is 2. The van der Waals surface area contributed by atoms with Crippen LogP contribution in [0.4, 0.5) is 10.3 Å². The minimum atomic E-state index is -0.630. The third kappa shape index (κ3) is 2.85. The highest BCUT2D eigenvalue weighted by Gasteiger charge is 2.09. The Balaban J connectivity index is 2.18. The zero-order valence-electron chi connectivity index (χ0n) is 9.94. The summed E-state index contributed by atoms with van der Waals surface area (Å²) in [5, 5.41) is 2.54. The monoisotopic (exact) mass is 246 g/mol. The van der Waals surface area contributed by atoms with Gasteiger partial charge in [-0.3, -0.25) is 10.1 Å². The van der Waals surface area contributed by atoms with E-state index in [0.717, 1.165) is 23.7 Å². The van der Waals surface area contributed by atoms with Crippen molar-refractivity contribution < 1.29 is 9.18 Å². The van der Waals surface area contributed by atoms with Crippen molar-refractivity contribution in [1.29, 1.82) is 0 Å². The van der Waals surface area contributed by atoms with Crippen LogP contribution in [0, 0.1) is 19.8 Å². The van der Waals surface area contributed by atoms with Gasteiger partial charge in [-0.15, -0.1) is 0 Å². The van der Waals surface area contributed by atoms with Crippen molar-refractivity contribution in [3.05, 3.63) is 47.3 Å². The molecule has 0 aromatic carbocycles. The highest BCUT2D eigenvalue weighted by molar-refractivity contribution is 6.03. The molecule has 1 N–H and O–H groups in total. The number of pyridine rings is 1. The summed E-state index contributed by atoms with van der Waals surface area (Å²) in [5.41, 5.74) is 1.77. The van der Waals surface area contributed by atoms with Crippen LogP contribution in [0.5, 0.6) is 0 Å². The molecule has 0 aliphatic carbocycles. The number of nitrogens with zero attached hydrogens (tertiary/aromatic N) is 3. The molecule has 0 aliphatic rings. The van der Waals surface area contributed by atoms with E-state index < -0.39 is 11.9 Å². The predicted molar refractivity (Wildman–Crippen MR) is 63.7 cm³/mol. The molecule has 0 radical (unpaired) electrons. The highest BCUT2D eigenvalue weighted by atomic mass is 19.1. The number of nitrogens with one attached hydrogen (secondary N) is 1. The summed E-state index contributed by atoms with van der Waals surface area (Å²) in [4.78, 5) is 23.4. The lowest BCUT2D eigenvalue weighted by Crippen LogP contribution is -2.15. The Bertz CT molecular complexity index is 563. The second-order valence-corrected chi connectivity index (χ2v) is 3.80. The average Bonchev–Trinajstić information content (AvgIpc) is 2.28. The summed E-state index contributed by atoms with van der Waals surface area (Å²) in [7, 11) is 0. The van der Waals surface area contributed by atoms with Gasteiger partial charge in [0.2, 0.25) is 11.9 Å². The normalized spacial score (nSPS) is 10.2. The van der Waals surface area contributed by atoms with Crippen molar-refractivity contribution in [2.24, 2.45) is 0 Å². The van der Waals surface area contributed by atoms with E-state index in [4.69, 9.17) is 0 Å². The summed E-state index contributed by atoms with van der Waals surface area (Å²) >= 11 is 0. The first-order chi connectivity index (χ1) is 8.54. The summed E-state index contributed by atoms with van der Waals surface area (Å²) in [6.07, 6.45) is 1.16. The average molecular weight is 246 g/mol. The quantitative estimate of drug-likeness (QED) is 0.821. The van der Waals surface area contributed by atoms with Crippen molar-refractivity contribution in [1.82, 2.24) is 15.0 Å². The van der Waals surface area contributed by atoms with Crippen LogP contribution in [-0.2, 0) is 0 Å². The minimum Gasteiger partial charge on any atom is -0.290 e. The third-order valence-corrected chi connectivity index (χ3v) is 2.20. The molecule has 5 nitrogen and oxygen atoms in total. The first kappa shape index (κ1) is 12.1. The maximum absolute atomic E-state index is 12.6. The molecular weight excluding hydrogens is 235 g/mol. The Kier molecular flexibility index (Phi) is 3.27. The SMILES string of the molecule is Cc1cc(C)nc(NC(=O)c2ccc(F)nc2)n1. The van der Waals surface area contributed by atoms with Crippen molar-refractivity contribution in [3.63, 3.8) is 0 Å². The standard InChI is InChI=1S/C12H11FN4O/c1-7-5-8(2)16-12(15-7)17-11(18)9-3-4-10(13)14-6-9/h3-6H,1-2H3,(H,15,16,17,18). The molecule has 0 saturated carbocycles. The molecule has 18 heavy (non-hydrogen) atoms. The molecule has 0 fully saturated rings. The highest BCUT2D eigenvalue weighted by Crippen LogP contribution is 2.06. The van der Waals surface area contributed by atoms with Crippen molar-refractivity contribution in [2.45, 2.75) is 13.8 Å². The lowest BCUT2D eigenvalue weighted by Gasteiger charge is -2.05. The molecule has 1 amide bonds. The summed E-state index contributed by atoms with van der Waals surface area (Å²) in [6, 6.07) is 4.27. The molecule has 2 aromatic rings. The molecule has 6 heteroatoms. The number of hydrogen-bond acceptors (Lipinski definition) is 4. The van der Waals surface area contributed by atoms with Gasteiger partial charge in [0, 0.05) is 17.6 Å². The molecule has 2 heterocycles. The van der Waals surface area contributed by atoms with Crippen LogP contribution in [0.3, 0.4) is 0 Å². The van der Waals surface area contributed by atoms with Gasteiger partial charge in [0.15, 0.2) is 0 Å². The second-order valence-electron chi connectivity index (χ2n) is 3.80. The molecule has 0 atom stereocenters. The summed E-state index contributed by atoms with van der Waals surface area (Å²) in [6.45, 7) is 3.62. The van der Waals surface area contributed by atoms with E-state index in [1.165, 1.54) is 6.07 Å². The molecule has 0 aliphatic heterocycles. The van der Waals surface area contributed by atoms with Gasteiger partial charge in [0.1, 0.15) is 0 Å². The topological polar surface area (TPSA) is 67.8 Å². The maximum atomic E-state index is 12.6. The molecule has 0 unspecified atom stereocenters. The largest absolute Gasteiger partial charge is 0.290 e. The van der Waals surface area contributed by atoms with Crippen molar-refractivity contribution in [2.75, 3.05) is 5.32 Å². The third-order valence-electron chi connectivity index (χ3n) is 2.20. The number of carbonyl (C=O) groups is 1. The molecular formula is C12H11FN4O. The van der Waals surface area contributed by atoms with Crippen molar-refractivity contribution >= 4 is 11.9 Å². The van der Waals surface area contributed by atoms with E-state index >= 15 is 0 Å². The number of halogens is 1. The minimum absolute atomic E-state index is 0.224. The van der Waals surface area contributed by atoms with E-state index in [1.807, 2.05) is 13.8 Å². The van der Waals surface area contributed by atoms with Gasteiger partial charge < -0.3 is 0 Å². The Morgan fingerprint density at radius 2 is 1.89 bits per heavy atom. The van der Waals surface area contributed by atoms with E-state index in [1.54, 1.807) is 6.07 Å². The van der Waals surface area contributed by atoms with Crippen LogP contribution in [0.1, 0.15) is 21.7 Å². The van der Waals surface area contributed by atoms with Crippen LogP contribution in [0.15, 0.2) is 24.4 Å². The van der Waals surface area contributed by atoms with Crippen LogP contribution < -0.4 is 5.32 Å². The number of aromatic nitrogens is 3. The Hall–Kier alpha value is -2.37. The number of carbonyl (C=O) groups excluding carboxylic acids is 1.